The fourth-order valence-corrected chi connectivity index (χ4v) is 1.50. The van der Waals surface area contributed by atoms with Gasteiger partial charge in [-0.1, -0.05) is 0 Å². The first-order valence-electron chi connectivity index (χ1n) is 1.93. The van der Waals surface area contributed by atoms with Crippen LogP contribution in [0.1, 0.15) is 0 Å². The summed E-state index contributed by atoms with van der Waals surface area (Å²) in [5, 5.41) is 0. The van der Waals surface area contributed by atoms with Crippen LogP contribution < -0.4 is 0 Å². The number of rotatable bonds is 3. The van der Waals surface area contributed by atoms with Crippen molar-refractivity contribution in [3.05, 3.63) is 0 Å². The summed E-state index contributed by atoms with van der Waals surface area (Å²) in [4.78, 5) is 0. The zero-order valence-electron chi connectivity index (χ0n) is 4.80. The average molecular weight is 163 g/mol. The first kappa shape index (κ1) is 7.52. The third-order valence-corrected chi connectivity index (χ3v) is 3.00. The molecule has 0 spiro atoms. The van der Waals surface area contributed by atoms with Crippen molar-refractivity contribution >= 4 is 17.3 Å². The van der Waals surface area contributed by atoms with Crippen LogP contribution in [0.5, 0.6) is 0 Å². The van der Waals surface area contributed by atoms with Crippen molar-refractivity contribution in [1.29, 1.82) is 0 Å². The molecule has 7 heavy (non-hydrogen) atoms. The fourth-order valence-electron chi connectivity index (χ4n) is 0.289. The predicted octanol–water partition coefficient (Wildman–Crippen LogP) is -0.0895. The first-order valence-corrected chi connectivity index (χ1v) is 4.90. The Kier molecular flexibility index (Phi) is 5.01. The van der Waals surface area contributed by atoms with Crippen LogP contribution in [0.4, 0.5) is 0 Å². The summed E-state index contributed by atoms with van der Waals surface area (Å²) in [5.41, 5.74) is 0. The minimum absolute atomic E-state index is 1.59. The molecule has 0 aliphatic heterocycles. The molecule has 0 saturated carbocycles. The van der Waals surface area contributed by atoms with E-state index in [2.05, 4.69) is 0 Å². The Bertz CT molecular complexity index is 31.7. The van der Waals surface area contributed by atoms with Gasteiger partial charge in [0, 0.05) is 0 Å². The summed E-state index contributed by atoms with van der Waals surface area (Å²) in [7, 11) is 4.78. The Morgan fingerprint density at radius 3 is 1.14 bits per heavy atom. The van der Waals surface area contributed by atoms with E-state index in [9.17, 15) is 0 Å². The van der Waals surface area contributed by atoms with Crippen LogP contribution in [0.3, 0.4) is 0 Å². The average Bonchev–Trinajstić information content (AvgIpc) is 1.72. The van der Waals surface area contributed by atoms with E-state index in [1.165, 1.54) is 0 Å². The Morgan fingerprint density at radius 1 is 0.857 bits per heavy atom. The van der Waals surface area contributed by atoms with Gasteiger partial charge in [0.1, 0.15) is 0 Å². The summed E-state index contributed by atoms with van der Waals surface area (Å²) in [6.07, 6.45) is 0. The molecule has 0 saturated heterocycles. The van der Waals surface area contributed by atoms with E-state index in [1.54, 1.807) is 21.3 Å². The second-order valence-corrected chi connectivity index (χ2v) is 5.17. The summed E-state index contributed by atoms with van der Waals surface area (Å²) < 4.78 is 14.4. The van der Waals surface area contributed by atoms with Gasteiger partial charge in [-0.3, -0.25) is 0 Å². The van der Waals surface area contributed by atoms with Gasteiger partial charge in [0.25, 0.3) is 0 Å². The minimum atomic E-state index is -2.08. The molecule has 0 aromatic heterocycles. The van der Waals surface area contributed by atoms with E-state index in [-0.39, 0.29) is 0 Å². The molecular weight excluding hydrogens is 154 g/mol. The monoisotopic (exact) mass is 162 g/mol. The van der Waals surface area contributed by atoms with Gasteiger partial charge in [-0.25, -0.2) is 0 Å². The molecule has 0 aromatic rings. The Balaban J connectivity index is 2.99. The molecule has 3 nitrogen and oxygen atoms in total. The maximum absolute atomic E-state index is 4.79. The van der Waals surface area contributed by atoms with E-state index in [4.69, 9.17) is 10.6 Å². The van der Waals surface area contributed by atoms with Crippen molar-refractivity contribution in [1.82, 2.24) is 0 Å². The Hall–Kier alpha value is 0.516. The van der Waals surface area contributed by atoms with Gasteiger partial charge in [-0.15, -0.1) is 0 Å². The van der Waals surface area contributed by atoms with Crippen LogP contribution in [0.15, 0.2) is 0 Å². The topological polar surface area (TPSA) is 27.7 Å². The Morgan fingerprint density at radius 2 is 1.14 bits per heavy atom. The SMILES string of the molecule is C[O][Ga]([O]C)[O]C. The molecule has 0 fully saturated rings. The molecule has 0 aliphatic rings. The van der Waals surface area contributed by atoms with Crippen LogP contribution in [0.25, 0.3) is 0 Å². The van der Waals surface area contributed by atoms with Crippen molar-refractivity contribution in [2.45, 2.75) is 0 Å². The van der Waals surface area contributed by atoms with Gasteiger partial charge in [0.05, 0.1) is 0 Å². The molecular formula is C3H9GaO3. The van der Waals surface area contributed by atoms with Crippen molar-refractivity contribution in [3.8, 4) is 0 Å². The molecule has 0 aliphatic carbocycles. The van der Waals surface area contributed by atoms with Crippen LogP contribution in [0.2, 0.25) is 0 Å². The summed E-state index contributed by atoms with van der Waals surface area (Å²) in [6, 6.07) is 0. The molecule has 0 N–H and O–H groups in total. The third kappa shape index (κ3) is 3.13. The van der Waals surface area contributed by atoms with E-state index >= 15 is 0 Å². The molecule has 0 atom stereocenters. The van der Waals surface area contributed by atoms with E-state index in [0.717, 1.165) is 0 Å². The molecule has 0 amide bonds. The second kappa shape index (κ2) is 4.67. The summed E-state index contributed by atoms with van der Waals surface area (Å²) in [6.45, 7) is 0. The van der Waals surface area contributed by atoms with Gasteiger partial charge < -0.3 is 0 Å². The van der Waals surface area contributed by atoms with Crippen molar-refractivity contribution in [2.24, 2.45) is 0 Å². The summed E-state index contributed by atoms with van der Waals surface area (Å²) >= 11 is -2.08. The maximum atomic E-state index is 4.79. The predicted molar refractivity (Wildman–Crippen MR) is 26.8 cm³/mol. The van der Waals surface area contributed by atoms with Crippen molar-refractivity contribution in [2.75, 3.05) is 21.3 Å². The molecule has 0 rings (SSSR count). The zero-order chi connectivity index (χ0) is 5.70. The first-order chi connectivity index (χ1) is 3.35. The van der Waals surface area contributed by atoms with Crippen LogP contribution in [-0.2, 0) is 10.6 Å². The van der Waals surface area contributed by atoms with Crippen molar-refractivity contribution in [3.63, 3.8) is 0 Å². The quantitative estimate of drug-likeness (QED) is 0.544. The van der Waals surface area contributed by atoms with E-state index in [1.807, 2.05) is 0 Å². The number of hydrogen-bond donors (Lipinski definition) is 0. The second-order valence-electron chi connectivity index (χ2n) is 0.996. The summed E-state index contributed by atoms with van der Waals surface area (Å²) in [5.74, 6) is 0. The number of hydrogen-bond acceptors (Lipinski definition) is 3. The fraction of sp³-hybridized carbons (Fsp3) is 1.00. The van der Waals surface area contributed by atoms with Crippen LogP contribution in [-0.4, -0.2) is 38.6 Å². The molecule has 0 radical (unpaired) electrons. The van der Waals surface area contributed by atoms with E-state index in [0.29, 0.717) is 0 Å². The van der Waals surface area contributed by atoms with Gasteiger partial charge in [0.2, 0.25) is 0 Å². The molecule has 0 unspecified atom stereocenters. The van der Waals surface area contributed by atoms with Gasteiger partial charge in [-0.05, 0) is 0 Å². The normalized spacial score (nSPS) is 9.00. The van der Waals surface area contributed by atoms with Gasteiger partial charge >= 0.3 is 49.2 Å². The molecule has 0 heterocycles. The molecule has 4 heteroatoms. The molecule has 42 valence electrons. The molecule has 0 aromatic carbocycles. The molecule has 0 bridgehead atoms. The van der Waals surface area contributed by atoms with Crippen LogP contribution in [0, 0.1) is 0 Å². The van der Waals surface area contributed by atoms with E-state index < -0.39 is 17.3 Å². The standard InChI is InChI=1S/3CH3O.Ga/c3*1-2;/h3*1H3;/q3*-1;+3. The van der Waals surface area contributed by atoms with Crippen molar-refractivity contribution < 1.29 is 10.6 Å². The third-order valence-electron chi connectivity index (χ3n) is 0.577. The van der Waals surface area contributed by atoms with Gasteiger partial charge in [0.15, 0.2) is 0 Å². The van der Waals surface area contributed by atoms with Gasteiger partial charge in [-0.2, -0.15) is 0 Å². The Labute approximate surface area is 49.8 Å². The zero-order valence-corrected chi connectivity index (χ0v) is 7.22. The van der Waals surface area contributed by atoms with Crippen LogP contribution >= 0.6 is 0 Å².